The van der Waals surface area contributed by atoms with Gasteiger partial charge in [0.1, 0.15) is 6.04 Å². The fourth-order valence-corrected chi connectivity index (χ4v) is 3.44. The molecule has 7 nitrogen and oxygen atoms in total. The van der Waals surface area contributed by atoms with Gasteiger partial charge in [-0.05, 0) is 26.8 Å². The lowest BCUT2D eigenvalue weighted by molar-refractivity contribution is -0.183. The van der Waals surface area contributed by atoms with Gasteiger partial charge in [0.25, 0.3) is 5.91 Å². The van der Waals surface area contributed by atoms with Crippen molar-refractivity contribution in [2.45, 2.75) is 39.0 Å². The number of halogens is 5. The predicted molar refractivity (Wildman–Crippen MR) is 114 cm³/mol. The largest absolute Gasteiger partial charge is 0.405 e. The summed E-state index contributed by atoms with van der Waals surface area (Å²) in [6.45, 7) is 6.71. The molecule has 2 N–H and O–H groups in total. The van der Waals surface area contributed by atoms with E-state index in [1.54, 1.807) is 17.7 Å². The molecule has 0 aliphatic carbocycles. The Morgan fingerprint density at radius 2 is 1.90 bits per heavy atom. The molecule has 0 saturated carbocycles. The Balaban J connectivity index is 0.00000225. The van der Waals surface area contributed by atoms with Crippen molar-refractivity contribution < 1.29 is 18.0 Å². The number of rotatable bonds is 5. The number of carbonyl (C=O) groups is 1. The van der Waals surface area contributed by atoms with E-state index in [1.807, 2.05) is 13.8 Å². The summed E-state index contributed by atoms with van der Waals surface area (Å²) in [7, 11) is 0. The van der Waals surface area contributed by atoms with E-state index in [2.05, 4.69) is 20.7 Å². The van der Waals surface area contributed by atoms with E-state index in [0.717, 1.165) is 0 Å². The first-order valence-electron chi connectivity index (χ1n) is 9.33. The first-order valence-corrected chi connectivity index (χ1v) is 9.33. The van der Waals surface area contributed by atoms with E-state index in [1.165, 1.54) is 11.1 Å². The van der Waals surface area contributed by atoms with Crippen LogP contribution in [0.1, 0.15) is 35.9 Å². The van der Waals surface area contributed by atoms with Crippen LogP contribution in [0.15, 0.2) is 12.3 Å². The standard InChI is InChI=1S/C18H25F3N6O.2ClH/c1-11(2)27-16-14(9-24-27)13(8-12(3)25-16)17(28)23-10-15(18(19,20)21)26-6-4-22-5-7-26;;/h8-9,11,15,22H,4-7,10H2,1-3H3,(H,23,28);2*1H. The summed E-state index contributed by atoms with van der Waals surface area (Å²) < 4.78 is 42.3. The highest BCUT2D eigenvalue weighted by Gasteiger charge is 2.43. The van der Waals surface area contributed by atoms with Gasteiger partial charge in [-0.3, -0.25) is 9.69 Å². The van der Waals surface area contributed by atoms with E-state index in [9.17, 15) is 18.0 Å². The van der Waals surface area contributed by atoms with Crippen LogP contribution < -0.4 is 10.6 Å². The molecule has 3 heterocycles. The van der Waals surface area contributed by atoms with Crippen LogP contribution >= 0.6 is 24.8 Å². The van der Waals surface area contributed by atoms with E-state index in [-0.39, 0.29) is 36.4 Å². The molecule has 170 valence electrons. The van der Waals surface area contributed by atoms with Gasteiger partial charge in [-0.2, -0.15) is 18.3 Å². The molecule has 12 heteroatoms. The molecule has 1 atom stereocenters. The topological polar surface area (TPSA) is 75.1 Å². The van der Waals surface area contributed by atoms with Crippen LogP contribution in [0.2, 0.25) is 0 Å². The van der Waals surface area contributed by atoms with Crippen LogP contribution in [0.5, 0.6) is 0 Å². The third-order valence-electron chi connectivity index (χ3n) is 4.85. The fraction of sp³-hybridized carbons (Fsp3) is 0.611. The van der Waals surface area contributed by atoms with E-state index < -0.39 is 24.7 Å². The smallest absolute Gasteiger partial charge is 0.350 e. The molecule has 3 rings (SSSR count). The summed E-state index contributed by atoms with van der Waals surface area (Å²) >= 11 is 0. The van der Waals surface area contributed by atoms with Crippen LogP contribution in [-0.4, -0.2) is 70.5 Å². The number of hydrogen-bond donors (Lipinski definition) is 2. The molecule has 1 fully saturated rings. The molecule has 1 aliphatic heterocycles. The Labute approximate surface area is 185 Å². The molecule has 2 aromatic heterocycles. The summed E-state index contributed by atoms with van der Waals surface area (Å²) in [5.41, 5.74) is 1.44. The van der Waals surface area contributed by atoms with Gasteiger partial charge in [-0.1, -0.05) is 0 Å². The highest BCUT2D eigenvalue weighted by Crippen LogP contribution is 2.25. The molecule has 0 radical (unpaired) electrons. The highest BCUT2D eigenvalue weighted by atomic mass is 35.5. The number of alkyl halides is 3. The van der Waals surface area contributed by atoms with Crippen LogP contribution in [-0.2, 0) is 0 Å². The molecular formula is C18H27Cl2F3N6O. The second-order valence-electron chi connectivity index (χ2n) is 7.28. The van der Waals surface area contributed by atoms with Gasteiger partial charge >= 0.3 is 6.18 Å². The molecule has 0 spiro atoms. The maximum atomic E-state index is 13.5. The molecule has 0 aromatic carbocycles. The second kappa shape index (κ2) is 10.6. The van der Waals surface area contributed by atoms with Gasteiger partial charge in [0, 0.05) is 44.5 Å². The van der Waals surface area contributed by atoms with Crippen molar-refractivity contribution in [2.75, 3.05) is 32.7 Å². The lowest BCUT2D eigenvalue weighted by Crippen LogP contribution is -2.57. The molecule has 1 amide bonds. The molecule has 1 unspecified atom stereocenters. The lowest BCUT2D eigenvalue weighted by atomic mass is 10.1. The summed E-state index contributed by atoms with van der Waals surface area (Å²) in [4.78, 5) is 18.5. The predicted octanol–water partition coefficient (Wildman–Crippen LogP) is 2.73. The Hall–Kier alpha value is -1.62. The first kappa shape index (κ1) is 26.4. The summed E-state index contributed by atoms with van der Waals surface area (Å²) in [6.07, 6.45) is -2.88. The lowest BCUT2D eigenvalue weighted by Gasteiger charge is -2.35. The number of aromatic nitrogens is 3. The van der Waals surface area contributed by atoms with Gasteiger partial charge in [-0.25, -0.2) is 9.67 Å². The van der Waals surface area contributed by atoms with Crippen molar-refractivity contribution in [1.29, 1.82) is 0 Å². The Morgan fingerprint density at radius 3 is 2.47 bits per heavy atom. The molecular weight excluding hydrogens is 444 g/mol. The third-order valence-corrected chi connectivity index (χ3v) is 4.85. The normalized spacial score (nSPS) is 16.1. The number of fused-ring (bicyclic) bond motifs is 1. The molecule has 2 aromatic rings. The van der Waals surface area contributed by atoms with Gasteiger partial charge in [0.15, 0.2) is 5.65 Å². The van der Waals surface area contributed by atoms with Crippen molar-refractivity contribution in [1.82, 2.24) is 30.3 Å². The quantitative estimate of drug-likeness (QED) is 0.702. The van der Waals surface area contributed by atoms with Crippen LogP contribution in [0.3, 0.4) is 0 Å². The average molecular weight is 471 g/mol. The van der Waals surface area contributed by atoms with Gasteiger partial charge in [0.05, 0.1) is 17.1 Å². The van der Waals surface area contributed by atoms with Crippen molar-refractivity contribution in [2.24, 2.45) is 0 Å². The van der Waals surface area contributed by atoms with Crippen LogP contribution in [0, 0.1) is 6.92 Å². The maximum absolute atomic E-state index is 13.5. The van der Waals surface area contributed by atoms with Crippen molar-refractivity contribution in [3.8, 4) is 0 Å². The monoisotopic (exact) mass is 470 g/mol. The zero-order chi connectivity index (χ0) is 20.5. The van der Waals surface area contributed by atoms with Crippen LogP contribution in [0.4, 0.5) is 13.2 Å². The summed E-state index contributed by atoms with van der Waals surface area (Å²) in [6, 6.07) is -0.0855. The van der Waals surface area contributed by atoms with E-state index in [0.29, 0.717) is 42.9 Å². The number of piperazine rings is 1. The van der Waals surface area contributed by atoms with Crippen LogP contribution in [0.25, 0.3) is 11.0 Å². The molecule has 1 saturated heterocycles. The number of aryl methyl sites for hydroxylation is 1. The molecule has 0 bridgehead atoms. The number of nitrogens with zero attached hydrogens (tertiary/aromatic N) is 4. The van der Waals surface area contributed by atoms with Crippen molar-refractivity contribution in [3.05, 3.63) is 23.5 Å². The number of carbonyl (C=O) groups excluding carboxylic acids is 1. The maximum Gasteiger partial charge on any atom is 0.405 e. The zero-order valence-electron chi connectivity index (χ0n) is 17.0. The number of hydrogen-bond acceptors (Lipinski definition) is 5. The number of amides is 1. The van der Waals surface area contributed by atoms with E-state index >= 15 is 0 Å². The minimum Gasteiger partial charge on any atom is -0.350 e. The van der Waals surface area contributed by atoms with Crippen molar-refractivity contribution in [3.63, 3.8) is 0 Å². The first-order chi connectivity index (χ1) is 13.2. The summed E-state index contributed by atoms with van der Waals surface area (Å²) in [5, 5.41) is 10.3. The Morgan fingerprint density at radius 1 is 1.27 bits per heavy atom. The van der Waals surface area contributed by atoms with Crippen molar-refractivity contribution >= 4 is 41.8 Å². The van der Waals surface area contributed by atoms with Gasteiger partial charge in [-0.15, -0.1) is 24.8 Å². The van der Waals surface area contributed by atoms with Gasteiger partial charge in [0.2, 0.25) is 0 Å². The SMILES string of the molecule is Cc1cc(C(=O)NCC(N2CCNCC2)C(F)(F)F)c2cnn(C(C)C)c2n1.Cl.Cl. The van der Waals surface area contributed by atoms with Gasteiger partial charge < -0.3 is 10.6 Å². The number of nitrogens with one attached hydrogen (secondary N) is 2. The fourth-order valence-electron chi connectivity index (χ4n) is 3.44. The zero-order valence-corrected chi connectivity index (χ0v) is 18.6. The minimum absolute atomic E-state index is 0. The number of pyridine rings is 1. The van der Waals surface area contributed by atoms with E-state index in [4.69, 9.17) is 0 Å². The minimum atomic E-state index is -4.42. The second-order valence-corrected chi connectivity index (χ2v) is 7.28. The third kappa shape index (κ3) is 5.75. The molecule has 1 aliphatic rings. The summed E-state index contributed by atoms with van der Waals surface area (Å²) in [5.74, 6) is -0.553. The highest BCUT2D eigenvalue weighted by molar-refractivity contribution is 6.05. The average Bonchev–Trinajstić information content (AvgIpc) is 3.04. The Bertz CT molecular complexity index is 852. The molecule has 30 heavy (non-hydrogen) atoms. The Kier molecular flexibility index (Phi) is 9.34.